The van der Waals surface area contributed by atoms with Gasteiger partial charge in [0, 0.05) is 37.3 Å². The summed E-state index contributed by atoms with van der Waals surface area (Å²) in [6, 6.07) is 2.46. The Hall–Kier alpha value is -1.57. The largest absolute Gasteiger partial charge is 0.324 e. The summed E-state index contributed by atoms with van der Waals surface area (Å²) >= 11 is 1.65. The lowest BCUT2D eigenvalue weighted by Gasteiger charge is -2.36. The molecule has 3 N–H and O–H groups in total. The highest BCUT2D eigenvalue weighted by molar-refractivity contribution is 7.96. The number of aryl methyl sites for hydroxylation is 2. The Labute approximate surface area is 158 Å². The maximum atomic E-state index is 4.68. The highest BCUT2D eigenvalue weighted by Gasteiger charge is 2.28. The third-order valence-electron chi connectivity index (χ3n) is 5.81. The molecule has 1 fully saturated rings. The number of nitrogens with one attached hydrogen (secondary N) is 3. The predicted octanol–water partition coefficient (Wildman–Crippen LogP) is 2.68. The highest BCUT2D eigenvalue weighted by atomic mass is 32.2. The van der Waals surface area contributed by atoms with Crippen molar-refractivity contribution in [2.24, 2.45) is 5.92 Å². The van der Waals surface area contributed by atoms with Crippen LogP contribution < -0.4 is 10.6 Å². The van der Waals surface area contributed by atoms with Crippen molar-refractivity contribution in [3.8, 4) is 0 Å². The van der Waals surface area contributed by atoms with Crippen molar-refractivity contribution < 1.29 is 0 Å². The van der Waals surface area contributed by atoms with E-state index >= 15 is 0 Å². The molecule has 2 aromatic rings. The first kappa shape index (κ1) is 16.6. The number of benzene rings is 1. The van der Waals surface area contributed by atoms with Crippen LogP contribution in [0.25, 0.3) is 0 Å². The van der Waals surface area contributed by atoms with Crippen LogP contribution in [-0.4, -0.2) is 46.2 Å². The van der Waals surface area contributed by atoms with Gasteiger partial charge in [-0.3, -0.25) is 0 Å². The van der Waals surface area contributed by atoms with Gasteiger partial charge in [-0.1, -0.05) is 6.07 Å². The highest BCUT2D eigenvalue weighted by Crippen LogP contribution is 2.39. The van der Waals surface area contributed by atoms with Gasteiger partial charge in [-0.2, -0.15) is 4.98 Å². The van der Waals surface area contributed by atoms with Gasteiger partial charge in [0.15, 0.2) is 0 Å². The molecule has 0 saturated carbocycles. The zero-order valence-electron chi connectivity index (χ0n) is 15.3. The van der Waals surface area contributed by atoms with E-state index in [9.17, 15) is 0 Å². The molecule has 0 radical (unpaired) electrons. The molecule has 0 atom stereocenters. The van der Waals surface area contributed by atoms with Crippen LogP contribution in [0.5, 0.6) is 0 Å². The lowest BCUT2D eigenvalue weighted by Crippen LogP contribution is -2.46. The Morgan fingerprint density at radius 3 is 2.58 bits per heavy atom. The molecule has 138 valence electrons. The number of aromatic amines is 1. The predicted molar refractivity (Wildman–Crippen MR) is 105 cm³/mol. The van der Waals surface area contributed by atoms with E-state index in [1.165, 1.54) is 55.3 Å². The molecule has 0 spiro atoms. The van der Waals surface area contributed by atoms with Crippen molar-refractivity contribution in [1.82, 2.24) is 24.8 Å². The molecular formula is C19H26N6S. The lowest BCUT2D eigenvalue weighted by molar-refractivity contribution is 0.217. The average Bonchev–Trinajstić information content (AvgIpc) is 3.32. The van der Waals surface area contributed by atoms with E-state index in [-0.39, 0.29) is 0 Å². The molecule has 0 unspecified atom stereocenters. The van der Waals surface area contributed by atoms with E-state index in [4.69, 9.17) is 0 Å². The second-order valence-electron chi connectivity index (χ2n) is 7.69. The van der Waals surface area contributed by atoms with E-state index in [0.717, 1.165) is 36.7 Å². The van der Waals surface area contributed by atoms with Crippen LogP contribution in [0.3, 0.4) is 0 Å². The summed E-state index contributed by atoms with van der Waals surface area (Å²) in [4.78, 5) is 4.68. The molecule has 1 aliphatic heterocycles. The minimum atomic E-state index is 0.749. The molecule has 6 nitrogen and oxygen atoms in total. The monoisotopic (exact) mass is 370 g/mol. The Bertz CT molecular complexity index is 778. The Kier molecular flexibility index (Phi) is 4.38. The molecule has 1 saturated heterocycles. The molecule has 5 rings (SSSR count). The summed E-state index contributed by atoms with van der Waals surface area (Å²) in [6.07, 6.45) is 7.35. The summed E-state index contributed by atoms with van der Waals surface area (Å²) in [7, 11) is 2.01. The first-order valence-corrected chi connectivity index (χ1v) is 10.5. The number of H-pyrrole nitrogens is 1. The maximum absolute atomic E-state index is 4.68. The van der Waals surface area contributed by atoms with Crippen molar-refractivity contribution >= 4 is 23.6 Å². The molecule has 26 heavy (non-hydrogen) atoms. The normalized spacial score (nSPS) is 19.4. The lowest BCUT2D eigenvalue weighted by atomic mass is 9.99. The molecule has 2 heterocycles. The smallest absolute Gasteiger partial charge is 0.225 e. The van der Waals surface area contributed by atoms with Crippen LogP contribution in [0.1, 0.15) is 35.1 Å². The minimum absolute atomic E-state index is 0.749. The number of hydrogen-bond donors (Lipinski definition) is 3. The standard InChI is InChI=1S/C19H26N6S/c1-20-9-12-10-25(11-12)26-19-22-18(23-24-19)21-17-15-6-2-4-13(15)8-14-5-3-7-16(14)17/h8,12,20H,2-7,9-11H2,1H3,(H2,21,22,23,24). The van der Waals surface area contributed by atoms with E-state index in [1.807, 2.05) is 7.05 Å². The van der Waals surface area contributed by atoms with Gasteiger partial charge in [0.2, 0.25) is 11.1 Å². The first-order chi connectivity index (χ1) is 12.8. The second kappa shape index (κ2) is 6.87. The molecule has 3 aliphatic rings. The van der Waals surface area contributed by atoms with Crippen LogP contribution in [0, 0.1) is 5.92 Å². The fraction of sp³-hybridized carbons (Fsp3) is 0.579. The molecular weight excluding hydrogens is 344 g/mol. The van der Waals surface area contributed by atoms with Gasteiger partial charge in [0.25, 0.3) is 0 Å². The number of rotatable bonds is 6. The van der Waals surface area contributed by atoms with Crippen molar-refractivity contribution in [2.45, 2.75) is 43.7 Å². The Morgan fingerprint density at radius 1 is 1.15 bits per heavy atom. The Balaban J connectivity index is 1.30. The molecule has 0 amide bonds. The summed E-state index contributed by atoms with van der Waals surface area (Å²) in [5, 5.41) is 15.1. The molecule has 1 aromatic heterocycles. The summed E-state index contributed by atoms with van der Waals surface area (Å²) < 4.78 is 2.33. The first-order valence-electron chi connectivity index (χ1n) is 9.73. The van der Waals surface area contributed by atoms with Crippen molar-refractivity contribution in [3.63, 3.8) is 0 Å². The van der Waals surface area contributed by atoms with Gasteiger partial charge in [0.1, 0.15) is 0 Å². The van der Waals surface area contributed by atoms with Crippen LogP contribution in [-0.2, 0) is 25.7 Å². The Morgan fingerprint density at radius 2 is 1.88 bits per heavy atom. The van der Waals surface area contributed by atoms with E-state index < -0.39 is 0 Å². The number of anilines is 2. The van der Waals surface area contributed by atoms with Gasteiger partial charge in [0.05, 0.1) is 0 Å². The topological polar surface area (TPSA) is 68.9 Å². The SMILES string of the molecule is CNCC1CN(Sc2n[nH]c(Nc3c4c(cc5c3CCC5)CCC4)n2)C1. The second-order valence-corrected chi connectivity index (χ2v) is 8.75. The molecule has 2 aliphatic carbocycles. The third-order valence-corrected chi connectivity index (χ3v) is 6.71. The van der Waals surface area contributed by atoms with Gasteiger partial charge in [-0.15, -0.1) is 5.10 Å². The quantitative estimate of drug-likeness (QED) is 0.679. The summed E-state index contributed by atoms with van der Waals surface area (Å²) in [5.41, 5.74) is 7.41. The van der Waals surface area contributed by atoms with Gasteiger partial charge < -0.3 is 10.6 Å². The van der Waals surface area contributed by atoms with E-state index in [1.54, 1.807) is 23.1 Å². The molecule has 0 bridgehead atoms. The van der Waals surface area contributed by atoms with Crippen molar-refractivity contribution in [3.05, 3.63) is 28.3 Å². The molecule has 7 heteroatoms. The van der Waals surface area contributed by atoms with Crippen molar-refractivity contribution in [1.29, 1.82) is 0 Å². The van der Waals surface area contributed by atoms with Crippen LogP contribution in [0.2, 0.25) is 0 Å². The zero-order chi connectivity index (χ0) is 17.5. The fourth-order valence-electron chi connectivity index (χ4n) is 4.56. The number of fused-ring (bicyclic) bond motifs is 2. The zero-order valence-corrected chi connectivity index (χ0v) is 16.1. The van der Waals surface area contributed by atoms with Gasteiger partial charge in [-0.25, -0.2) is 9.40 Å². The third kappa shape index (κ3) is 3.02. The maximum Gasteiger partial charge on any atom is 0.225 e. The molecule has 1 aromatic carbocycles. The number of aromatic nitrogens is 3. The van der Waals surface area contributed by atoms with Gasteiger partial charge >= 0.3 is 0 Å². The van der Waals surface area contributed by atoms with E-state index in [0.29, 0.717) is 0 Å². The van der Waals surface area contributed by atoms with Crippen molar-refractivity contribution in [2.75, 3.05) is 32.0 Å². The summed E-state index contributed by atoms with van der Waals surface area (Å²) in [6.45, 7) is 3.28. The van der Waals surface area contributed by atoms with E-state index in [2.05, 4.69) is 36.2 Å². The van der Waals surface area contributed by atoms with Crippen LogP contribution in [0.4, 0.5) is 11.6 Å². The number of hydrogen-bond acceptors (Lipinski definition) is 6. The summed E-state index contributed by atoms with van der Waals surface area (Å²) in [5.74, 6) is 1.52. The number of nitrogens with zero attached hydrogens (tertiary/aromatic N) is 3. The van der Waals surface area contributed by atoms with Gasteiger partial charge in [-0.05, 0) is 73.7 Å². The average molecular weight is 371 g/mol. The minimum Gasteiger partial charge on any atom is -0.324 e. The van der Waals surface area contributed by atoms with Crippen LogP contribution >= 0.6 is 11.9 Å². The fourth-order valence-corrected chi connectivity index (χ4v) is 5.58. The van der Waals surface area contributed by atoms with Crippen LogP contribution in [0.15, 0.2) is 11.2 Å².